The molecule has 0 aliphatic heterocycles. The van der Waals surface area contributed by atoms with Crippen LogP contribution in [-0.2, 0) is 6.42 Å². The highest BCUT2D eigenvalue weighted by molar-refractivity contribution is 5.80. The maximum atomic E-state index is 13.1. The van der Waals surface area contributed by atoms with Gasteiger partial charge in [0, 0.05) is 29.7 Å². The molecular weight excluding hydrogens is 341 g/mol. The van der Waals surface area contributed by atoms with Crippen LogP contribution < -0.4 is 5.73 Å². The molecule has 1 heterocycles. The number of halogens is 1. The summed E-state index contributed by atoms with van der Waals surface area (Å²) >= 11 is 0. The van der Waals surface area contributed by atoms with Gasteiger partial charge in [0.15, 0.2) is 0 Å². The van der Waals surface area contributed by atoms with Crippen LogP contribution in [0, 0.1) is 21.3 Å². The van der Waals surface area contributed by atoms with Gasteiger partial charge in [0.1, 0.15) is 11.5 Å². The number of aromatic nitrogens is 2. The molecule has 0 fully saturated rings. The normalized spacial score (nSPS) is 10.7. The molecule has 3 rings (SSSR count). The maximum Gasteiger partial charge on any atom is 0.269 e. The molecule has 0 saturated carbocycles. The van der Waals surface area contributed by atoms with Crippen molar-refractivity contribution in [3.8, 4) is 17.1 Å². The molecule has 2 aromatic carbocycles. The molecule has 0 atom stereocenters. The lowest BCUT2D eigenvalue weighted by molar-refractivity contribution is -0.384. The number of non-ortho nitro benzene ring substituents is 1. The smallest absolute Gasteiger partial charge is 0.269 e. The van der Waals surface area contributed by atoms with Crippen LogP contribution in [-0.4, -0.2) is 25.8 Å². The first-order chi connectivity index (χ1) is 12.4. The zero-order valence-corrected chi connectivity index (χ0v) is 13.4. The number of nitro groups is 1. The number of nitrogens with two attached hydrogens (primary N) is 1. The number of aromatic hydroxyl groups is 1. The Morgan fingerprint density at radius 1 is 1.23 bits per heavy atom. The van der Waals surface area contributed by atoms with E-state index in [4.69, 9.17) is 11.1 Å². The van der Waals surface area contributed by atoms with Crippen molar-refractivity contribution in [1.29, 1.82) is 5.41 Å². The lowest BCUT2D eigenvalue weighted by atomic mass is 10.0. The number of nitro benzene ring substituents is 1. The zero-order chi connectivity index (χ0) is 18.8. The summed E-state index contributed by atoms with van der Waals surface area (Å²) in [4.78, 5) is 10.3. The Kier molecular flexibility index (Phi) is 4.36. The van der Waals surface area contributed by atoms with Gasteiger partial charge in [0.25, 0.3) is 5.69 Å². The van der Waals surface area contributed by atoms with Gasteiger partial charge in [-0.25, -0.2) is 4.39 Å². The summed E-state index contributed by atoms with van der Waals surface area (Å²) in [5.41, 5.74) is 7.30. The van der Waals surface area contributed by atoms with Crippen molar-refractivity contribution in [2.45, 2.75) is 6.42 Å². The quantitative estimate of drug-likeness (QED) is 0.286. The highest BCUT2D eigenvalue weighted by Gasteiger charge is 2.21. The second kappa shape index (κ2) is 6.63. The summed E-state index contributed by atoms with van der Waals surface area (Å²) in [5.74, 6) is -1.17. The van der Waals surface area contributed by atoms with Crippen LogP contribution in [0.2, 0.25) is 0 Å². The van der Waals surface area contributed by atoms with Crippen LogP contribution >= 0.6 is 0 Å². The van der Waals surface area contributed by atoms with E-state index in [0.29, 0.717) is 22.4 Å². The largest absolute Gasteiger partial charge is 0.493 e. The van der Waals surface area contributed by atoms with Crippen molar-refractivity contribution in [2.75, 3.05) is 0 Å². The first kappa shape index (κ1) is 17.1. The predicted molar refractivity (Wildman–Crippen MR) is 92.5 cm³/mol. The van der Waals surface area contributed by atoms with E-state index in [9.17, 15) is 19.6 Å². The standard InChI is InChI=1S/C17H14FN5O3/c18-12-5-1-10(2-6-12)9-14-15(21-22(16(14)24)17(19)20)11-3-7-13(8-4-11)23(25)26/h1-8,24H,9H2,(H3,19,20). The van der Waals surface area contributed by atoms with Crippen LogP contribution in [0.1, 0.15) is 11.1 Å². The molecule has 1 aromatic heterocycles. The van der Waals surface area contributed by atoms with Crippen molar-refractivity contribution >= 4 is 11.6 Å². The average Bonchev–Trinajstić information content (AvgIpc) is 2.94. The number of benzene rings is 2. The molecular formula is C17H14FN5O3. The van der Waals surface area contributed by atoms with Gasteiger partial charge < -0.3 is 10.8 Å². The van der Waals surface area contributed by atoms with E-state index < -0.39 is 10.9 Å². The predicted octanol–water partition coefficient (Wildman–Crippen LogP) is 2.64. The summed E-state index contributed by atoms with van der Waals surface area (Å²) < 4.78 is 14.0. The Hall–Kier alpha value is -3.75. The fraction of sp³-hybridized carbons (Fsp3) is 0.0588. The molecule has 26 heavy (non-hydrogen) atoms. The van der Waals surface area contributed by atoms with Gasteiger partial charge in [-0.15, -0.1) is 0 Å². The summed E-state index contributed by atoms with van der Waals surface area (Å²) in [6.07, 6.45) is 0.214. The number of nitrogens with one attached hydrogen (secondary N) is 1. The van der Waals surface area contributed by atoms with Crippen molar-refractivity contribution in [2.24, 2.45) is 5.73 Å². The number of hydrogen-bond acceptors (Lipinski definition) is 5. The minimum Gasteiger partial charge on any atom is -0.493 e. The van der Waals surface area contributed by atoms with Gasteiger partial charge in [-0.2, -0.15) is 9.78 Å². The second-order valence-electron chi connectivity index (χ2n) is 5.56. The second-order valence-corrected chi connectivity index (χ2v) is 5.56. The van der Waals surface area contributed by atoms with Crippen molar-refractivity contribution in [1.82, 2.24) is 9.78 Å². The highest BCUT2D eigenvalue weighted by atomic mass is 19.1. The number of nitrogens with zero attached hydrogens (tertiary/aromatic N) is 3. The fourth-order valence-electron chi connectivity index (χ4n) is 2.55. The Morgan fingerprint density at radius 2 is 1.85 bits per heavy atom. The van der Waals surface area contributed by atoms with E-state index in [1.807, 2.05) is 0 Å². The van der Waals surface area contributed by atoms with E-state index in [1.54, 1.807) is 12.1 Å². The van der Waals surface area contributed by atoms with E-state index in [1.165, 1.54) is 36.4 Å². The molecule has 0 unspecified atom stereocenters. The van der Waals surface area contributed by atoms with Crippen LogP contribution in [0.15, 0.2) is 48.5 Å². The Bertz CT molecular complexity index is 981. The number of hydrogen-bond donors (Lipinski definition) is 3. The van der Waals surface area contributed by atoms with Crippen molar-refractivity contribution < 1.29 is 14.4 Å². The van der Waals surface area contributed by atoms with Crippen LogP contribution in [0.4, 0.5) is 10.1 Å². The van der Waals surface area contributed by atoms with E-state index in [0.717, 1.165) is 4.68 Å². The van der Waals surface area contributed by atoms with E-state index in [2.05, 4.69) is 5.10 Å². The van der Waals surface area contributed by atoms with E-state index in [-0.39, 0.29) is 23.8 Å². The third-order valence-corrected chi connectivity index (χ3v) is 3.83. The zero-order valence-electron chi connectivity index (χ0n) is 13.4. The van der Waals surface area contributed by atoms with Gasteiger partial charge in [0.05, 0.1) is 4.92 Å². The fourth-order valence-corrected chi connectivity index (χ4v) is 2.55. The topological polar surface area (TPSA) is 131 Å². The molecule has 8 nitrogen and oxygen atoms in total. The summed E-state index contributed by atoms with van der Waals surface area (Å²) in [5, 5.41) is 32.9. The molecule has 0 saturated heterocycles. The maximum absolute atomic E-state index is 13.1. The first-order valence-electron chi connectivity index (χ1n) is 7.51. The minimum absolute atomic E-state index is 0.0796. The molecule has 0 aliphatic rings. The summed E-state index contributed by atoms with van der Waals surface area (Å²) in [6.45, 7) is 0. The number of rotatable bonds is 4. The van der Waals surface area contributed by atoms with Crippen LogP contribution in [0.25, 0.3) is 11.3 Å². The van der Waals surface area contributed by atoms with Gasteiger partial charge in [-0.3, -0.25) is 15.5 Å². The van der Waals surface area contributed by atoms with Gasteiger partial charge >= 0.3 is 0 Å². The van der Waals surface area contributed by atoms with Crippen LogP contribution in [0.5, 0.6) is 5.88 Å². The third-order valence-electron chi connectivity index (χ3n) is 3.83. The molecule has 0 radical (unpaired) electrons. The Morgan fingerprint density at radius 3 is 2.38 bits per heavy atom. The molecule has 9 heteroatoms. The molecule has 0 aliphatic carbocycles. The third kappa shape index (κ3) is 3.22. The lowest BCUT2D eigenvalue weighted by Crippen LogP contribution is -2.21. The Balaban J connectivity index is 2.08. The lowest BCUT2D eigenvalue weighted by Gasteiger charge is -2.04. The Labute approximate surface area is 147 Å². The highest BCUT2D eigenvalue weighted by Crippen LogP contribution is 2.32. The molecule has 4 N–H and O–H groups in total. The first-order valence-corrected chi connectivity index (χ1v) is 7.51. The minimum atomic E-state index is -0.519. The number of nitrogen functional groups attached to an aromatic ring is 1. The van der Waals surface area contributed by atoms with Gasteiger partial charge in [-0.05, 0) is 29.8 Å². The summed E-state index contributed by atoms with van der Waals surface area (Å²) in [6, 6.07) is 11.4. The molecule has 0 bridgehead atoms. The SMILES string of the molecule is N=C(N)n1nc(-c2ccc([N+](=O)[O-])cc2)c(Cc2ccc(F)cc2)c1O. The molecule has 0 spiro atoms. The van der Waals surface area contributed by atoms with E-state index >= 15 is 0 Å². The molecule has 0 amide bonds. The summed E-state index contributed by atoms with van der Waals surface area (Å²) in [7, 11) is 0. The monoisotopic (exact) mass is 355 g/mol. The van der Waals surface area contributed by atoms with Crippen molar-refractivity contribution in [3.63, 3.8) is 0 Å². The molecule has 132 valence electrons. The van der Waals surface area contributed by atoms with Crippen molar-refractivity contribution in [3.05, 3.63) is 75.6 Å². The van der Waals surface area contributed by atoms with Crippen LogP contribution in [0.3, 0.4) is 0 Å². The van der Waals surface area contributed by atoms with Gasteiger partial charge in [0.2, 0.25) is 11.8 Å². The average molecular weight is 355 g/mol. The van der Waals surface area contributed by atoms with Gasteiger partial charge in [-0.1, -0.05) is 12.1 Å². The molecule has 3 aromatic rings.